The number of carbonyl (C=O) groups is 2. The molecule has 15 heavy (non-hydrogen) atoms. The van der Waals surface area contributed by atoms with E-state index in [9.17, 15) is 9.59 Å². The molecule has 1 N–H and O–H groups in total. The molecule has 0 spiro atoms. The fraction of sp³-hybridized carbons (Fsp3) is 0.750. The lowest BCUT2D eigenvalue weighted by Gasteiger charge is -2.28. The number of alkyl halides is 1. The molecule has 2 radical (unpaired) electrons. The number of amides is 1. The first-order chi connectivity index (χ1) is 7.06. The maximum absolute atomic E-state index is 11.5. The van der Waals surface area contributed by atoms with E-state index < -0.39 is 5.97 Å². The summed E-state index contributed by atoms with van der Waals surface area (Å²) in [6.07, 6.45) is -0.173. The molecule has 2 atom stereocenters. The predicted molar refractivity (Wildman–Crippen MR) is 62.3 cm³/mol. The van der Waals surface area contributed by atoms with Crippen LogP contribution < -0.4 is 0 Å². The standard InChI is InChI=1S/C8H11BINO4/c9-1-7(12)11(2-8(13)14)6-4-15-3-5(6)10/h5-6H,1-4H2,(H,13,14)/t5-,6-/m0/s1. The summed E-state index contributed by atoms with van der Waals surface area (Å²) in [7, 11) is 5.23. The molecule has 0 aromatic rings. The Kier molecular flexibility index (Phi) is 4.84. The number of hydrogen-bond acceptors (Lipinski definition) is 3. The van der Waals surface area contributed by atoms with E-state index in [4.69, 9.17) is 17.7 Å². The molecule has 1 fully saturated rings. The minimum absolute atomic E-state index is 0.123. The number of halogens is 1. The number of aliphatic carboxylic acids is 1. The summed E-state index contributed by atoms with van der Waals surface area (Å²) in [6, 6.07) is -0.183. The summed E-state index contributed by atoms with van der Waals surface area (Å²) in [5.41, 5.74) is 0. The molecule has 1 amide bonds. The van der Waals surface area contributed by atoms with Crippen molar-refractivity contribution in [2.75, 3.05) is 19.8 Å². The lowest BCUT2D eigenvalue weighted by atomic mass is 10.0. The van der Waals surface area contributed by atoms with Crippen LogP contribution in [0.2, 0.25) is 6.32 Å². The van der Waals surface area contributed by atoms with Gasteiger partial charge in [0.1, 0.15) is 6.54 Å². The number of rotatable bonds is 4. The highest BCUT2D eigenvalue weighted by atomic mass is 127. The maximum Gasteiger partial charge on any atom is 0.323 e. The molecule has 7 heteroatoms. The smallest absolute Gasteiger partial charge is 0.323 e. The fourth-order valence-corrected chi connectivity index (χ4v) is 2.31. The number of nitrogens with zero attached hydrogens (tertiary/aromatic N) is 1. The van der Waals surface area contributed by atoms with Gasteiger partial charge in [0.05, 0.1) is 31.0 Å². The third-order valence-corrected chi connectivity index (χ3v) is 3.37. The second-order valence-electron chi connectivity index (χ2n) is 3.24. The third-order valence-electron chi connectivity index (χ3n) is 2.18. The minimum atomic E-state index is -1.03. The van der Waals surface area contributed by atoms with Crippen molar-refractivity contribution in [2.45, 2.75) is 16.3 Å². The van der Waals surface area contributed by atoms with Gasteiger partial charge in [-0.15, -0.1) is 0 Å². The molecular formula is C8H11BINO4. The van der Waals surface area contributed by atoms with E-state index in [-0.39, 0.29) is 28.7 Å². The van der Waals surface area contributed by atoms with Gasteiger partial charge < -0.3 is 14.7 Å². The van der Waals surface area contributed by atoms with E-state index in [1.54, 1.807) is 0 Å². The molecule has 0 aromatic carbocycles. The van der Waals surface area contributed by atoms with Crippen molar-refractivity contribution >= 4 is 42.3 Å². The highest BCUT2D eigenvalue weighted by Crippen LogP contribution is 2.21. The lowest BCUT2D eigenvalue weighted by molar-refractivity contribution is -0.145. The zero-order chi connectivity index (χ0) is 11.4. The Morgan fingerprint density at radius 2 is 2.20 bits per heavy atom. The number of carbonyl (C=O) groups excluding carboxylic acids is 1. The van der Waals surface area contributed by atoms with Crippen molar-refractivity contribution in [1.82, 2.24) is 4.90 Å². The Bertz CT molecular complexity index is 263. The van der Waals surface area contributed by atoms with Crippen molar-refractivity contribution in [2.24, 2.45) is 0 Å². The highest BCUT2D eigenvalue weighted by Gasteiger charge is 2.34. The molecular weight excluding hydrogens is 312 g/mol. The first kappa shape index (κ1) is 12.8. The fourth-order valence-electron chi connectivity index (χ4n) is 1.46. The minimum Gasteiger partial charge on any atom is -0.480 e. The average Bonchev–Trinajstić information content (AvgIpc) is 2.59. The van der Waals surface area contributed by atoms with E-state index in [1.807, 2.05) is 0 Å². The number of hydrogen-bond donors (Lipinski definition) is 1. The lowest BCUT2D eigenvalue weighted by Crippen LogP contribution is -2.47. The maximum atomic E-state index is 11.5. The Labute approximate surface area is 103 Å². The Morgan fingerprint density at radius 3 is 2.60 bits per heavy atom. The monoisotopic (exact) mass is 323 g/mol. The van der Waals surface area contributed by atoms with Gasteiger partial charge in [-0.2, -0.15) is 0 Å². The summed E-state index contributed by atoms with van der Waals surface area (Å²) >= 11 is 2.15. The Balaban J connectivity index is 2.70. The summed E-state index contributed by atoms with van der Waals surface area (Å²) < 4.78 is 5.31. The van der Waals surface area contributed by atoms with Gasteiger partial charge in [-0.05, 0) is 6.32 Å². The van der Waals surface area contributed by atoms with Crippen LogP contribution in [0.3, 0.4) is 0 Å². The van der Waals surface area contributed by atoms with Gasteiger partial charge >= 0.3 is 5.97 Å². The van der Waals surface area contributed by atoms with Crippen LogP contribution in [0.25, 0.3) is 0 Å². The van der Waals surface area contributed by atoms with Crippen LogP contribution in [0.1, 0.15) is 0 Å². The summed E-state index contributed by atoms with van der Waals surface area (Å²) in [5.74, 6) is -1.39. The molecule has 0 aromatic heterocycles. The quantitative estimate of drug-likeness (QED) is 0.438. The second-order valence-corrected chi connectivity index (χ2v) is 4.84. The van der Waals surface area contributed by atoms with Crippen molar-refractivity contribution in [3.8, 4) is 0 Å². The summed E-state index contributed by atoms with van der Waals surface area (Å²) in [6.45, 7) is 0.607. The SMILES string of the molecule is [B]CC(=O)N(CC(=O)O)[C@H]1COC[C@@H]1I. The van der Waals surface area contributed by atoms with Gasteiger partial charge in [0.2, 0.25) is 5.91 Å². The van der Waals surface area contributed by atoms with Crippen LogP contribution in [0, 0.1) is 0 Å². The van der Waals surface area contributed by atoms with E-state index >= 15 is 0 Å². The number of carboxylic acid groups (broad SMARTS) is 1. The molecule has 5 nitrogen and oxygen atoms in total. The first-order valence-electron chi connectivity index (χ1n) is 4.49. The van der Waals surface area contributed by atoms with E-state index in [0.29, 0.717) is 13.2 Å². The van der Waals surface area contributed by atoms with Crippen LogP contribution in [0.4, 0.5) is 0 Å². The van der Waals surface area contributed by atoms with Crippen LogP contribution in [-0.4, -0.2) is 59.5 Å². The van der Waals surface area contributed by atoms with Crippen molar-refractivity contribution in [3.63, 3.8) is 0 Å². The summed E-state index contributed by atoms with van der Waals surface area (Å²) in [4.78, 5) is 23.4. The molecule has 1 heterocycles. The van der Waals surface area contributed by atoms with E-state index in [2.05, 4.69) is 22.6 Å². The number of carboxylic acids is 1. The Morgan fingerprint density at radius 1 is 1.53 bits per heavy atom. The van der Waals surface area contributed by atoms with Crippen molar-refractivity contribution < 1.29 is 19.4 Å². The molecule has 0 unspecified atom stereocenters. The average molecular weight is 323 g/mol. The van der Waals surface area contributed by atoms with Crippen LogP contribution >= 0.6 is 22.6 Å². The normalized spacial score (nSPS) is 25.1. The zero-order valence-corrected chi connectivity index (χ0v) is 10.2. The van der Waals surface area contributed by atoms with Crippen molar-refractivity contribution in [1.29, 1.82) is 0 Å². The van der Waals surface area contributed by atoms with Crippen LogP contribution in [0.5, 0.6) is 0 Å². The van der Waals surface area contributed by atoms with Crippen LogP contribution in [0.15, 0.2) is 0 Å². The molecule has 0 bridgehead atoms. The van der Waals surface area contributed by atoms with Gasteiger partial charge in [-0.25, -0.2) is 0 Å². The predicted octanol–water partition coefficient (Wildman–Crippen LogP) is -0.311. The molecule has 82 valence electrons. The molecule has 1 saturated heterocycles. The van der Waals surface area contributed by atoms with E-state index in [0.717, 1.165) is 0 Å². The largest absolute Gasteiger partial charge is 0.480 e. The molecule has 1 aliphatic rings. The van der Waals surface area contributed by atoms with Gasteiger partial charge in [0.25, 0.3) is 0 Å². The second kappa shape index (κ2) is 5.69. The summed E-state index contributed by atoms with van der Waals surface area (Å²) in [5, 5.41) is 8.70. The molecule has 1 rings (SSSR count). The van der Waals surface area contributed by atoms with Gasteiger partial charge in [0, 0.05) is 0 Å². The first-order valence-corrected chi connectivity index (χ1v) is 5.74. The molecule has 0 saturated carbocycles. The van der Waals surface area contributed by atoms with Crippen LogP contribution in [-0.2, 0) is 14.3 Å². The topological polar surface area (TPSA) is 66.8 Å². The van der Waals surface area contributed by atoms with Gasteiger partial charge in [0.15, 0.2) is 0 Å². The Hall–Kier alpha value is -0.305. The number of ether oxygens (including phenoxy) is 1. The zero-order valence-electron chi connectivity index (χ0n) is 8.06. The van der Waals surface area contributed by atoms with Gasteiger partial charge in [-0.3, -0.25) is 9.59 Å². The highest BCUT2D eigenvalue weighted by molar-refractivity contribution is 14.1. The third kappa shape index (κ3) is 3.34. The molecule has 0 aliphatic carbocycles. The van der Waals surface area contributed by atoms with E-state index in [1.165, 1.54) is 4.90 Å². The van der Waals surface area contributed by atoms with Gasteiger partial charge in [-0.1, -0.05) is 22.6 Å². The molecule has 1 aliphatic heterocycles. The van der Waals surface area contributed by atoms with Crippen molar-refractivity contribution in [3.05, 3.63) is 0 Å².